The first-order chi connectivity index (χ1) is 12.1. The first-order valence-corrected chi connectivity index (χ1v) is 8.84. The number of nitrogens with zero attached hydrogens (tertiary/aromatic N) is 1. The van der Waals surface area contributed by atoms with Crippen molar-refractivity contribution in [2.45, 2.75) is 13.1 Å². The van der Waals surface area contributed by atoms with Gasteiger partial charge in [-0.3, -0.25) is 4.99 Å². The van der Waals surface area contributed by atoms with Gasteiger partial charge in [-0.2, -0.15) is 0 Å². The van der Waals surface area contributed by atoms with Crippen LogP contribution in [0.15, 0.2) is 45.9 Å². The quantitative estimate of drug-likeness (QED) is 0.311. The SMILES string of the molecule is CN=C(NCc1cc(Br)c(OC)c(OC)c1)NCc1ccccc1Cl.I. The minimum absolute atomic E-state index is 0. The lowest BCUT2D eigenvalue weighted by Gasteiger charge is -2.15. The fraction of sp³-hybridized carbons (Fsp3) is 0.278. The molecule has 0 aliphatic rings. The highest BCUT2D eigenvalue weighted by atomic mass is 127. The topological polar surface area (TPSA) is 54.9 Å². The van der Waals surface area contributed by atoms with Crippen LogP contribution in [0.5, 0.6) is 11.5 Å². The Morgan fingerprint density at radius 1 is 1.12 bits per heavy atom. The van der Waals surface area contributed by atoms with Crippen molar-refractivity contribution in [3.63, 3.8) is 0 Å². The first kappa shape index (κ1) is 22.9. The molecule has 0 unspecified atom stereocenters. The van der Waals surface area contributed by atoms with Gasteiger partial charge in [-0.25, -0.2) is 0 Å². The second-order valence-electron chi connectivity index (χ2n) is 5.18. The zero-order valence-electron chi connectivity index (χ0n) is 14.8. The van der Waals surface area contributed by atoms with Gasteiger partial charge in [-0.15, -0.1) is 24.0 Å². The Morgan fingerprint density at radius 2 is 1.81 bits per heavy atom. The van der Waals surface area contributed by atoms with E-state index in [1.807, 2.05) is 36.4 Å². The van der Waals surface area contributed by atoms with Gasteiger partial charge in [0.2, 0.25) is 0 Å². The number of rotatable bonds is 6. The van der Waals surface area contributed by atoms with Gasteiger partial charge in [0, 0.05) is 25.2 Å². The molecular weight excluding hydrogens is 532 g/mol. The second kappa shape index (κ2) is 11.5. The van der Waals surface area contributed by atoms with E-state index in [1.165, 1.54) is 0 Å². The van der Waals surface area contributed by atoms with Crippen molar-refractivity contribution < 1.29 is 9.47 Å². The Bertz CT molecular complexity index is 759. The van der Waals surface area contributed by atoms with E-state index in [0.29, 0.717) is 30.5 Å². The van der Waals surface area contributed by atoms with Crippen molar-refractivity contribution >= 4 is 57.5 Å². The highest BCUT2D eigenvalue weighted by Crippen LogP contribution is 2.36. The predicted molar refractivity (Wildman–Crippen MR) is 121 cm³/mol. The number of hydrogen-bond donors (Lipinski definition) is 2. The van der Waals surface area contributed by atoms with E-state index in [2.05, 4.69) is 31.6 Å². The lowest BCUT2D eigenvalue weighted by Crippen LogP contribution is -2.36. The van der Waals surface area contributed by atoms with Crippen LogP contribution in [-0.2, 0) is 13.1 Å². The molecule has 0 saturated carbocycles. The van der Waals surface area contributed by atoms with Gasteiger partial charge in [-0.05, 0) is 45.3 Å². The van der Waals surface area contributed by atoms with Crippen molar-refractivity contribution in [3.05, 3.63) is 57.0 Å². The molecule has 0 atom stereocenters. The number of hydrogen-bond acceptors (Lipinski definition) is 3. The molecule has 0 spiro atoms. The summed E-state index contributed by atoms with van der Waals surface area (Å²) in [5.74, 6) is 2.03. The molecule has 0 heterocycles. The summed E-state index contributed by atoms with van der Waals surface area (Å²) in [5, 5.41) is 7.25. The van der Waals surface area contributed by atoms with E-state index in [4.69, 9.17) is 21.1 Å². The minimum Gasteiger partial charge on any atom is -0.493 e. The molecule has 2 N–H and O–H groups in total. The Kier molecular flexibility index (Phi) is 10.1. The molecule has 0 bridgehead atoms. The van der Waals surface area contributed by atoms with Crippen LogP contribution >= 0.6 is 51.5 Å². The monoisotopic (exact) mass is 553 g/mol. The van der Waals surface area contributed by atoms with Crippen molar-refractivity contribution in [1.29, 1.82) is 0 Å². The summed E-state index contributed by atoms with van der Waals surface area (Å²) in [7, 11) is 4.96. The molecule has 0 aliphatic heterocycles. The number of benzene rings is 2. The van der Waals surface area contributed by atoms with Crippen LogP contribution in [-0.4, -0.2) is 27.2 Å². The zero-order valence-corrected chi connectivity index (χ0v) is 19.5. The van der Waals surface area contributed by atoms with Gasteiger partial charge in [0.25, 0.3) is 0 Å². The number of aliphatic imine (C=N–C) groups is 1. The molecule has 142 valence electrons. The van der Waals surface area contributed by atoms with Crippen LogP contribution in [0, 0.1) is 0 Å². The third kappa shape index (κ3) is 6.21. The van der Waals surface area contributed by atoms with Crippen molar-refractivity contribution in [3.8, 4) is 11.5 Å². The summed E-state index contributed by atoms with van der Waals surface area (Å²) in [6.07, 6.45) is 0. The lowest BCUT2D eigenvalue weighted by atomic mass is 10.2. The smallest absolute Gasteiger partial charge is 0.191 e. The van der Waals surface area contributed by atoms with Gasteiger partial charge in [0.1, 0.15) is 0 Å². The maximum Gasteiger partial charge on any atom is 0.191 e. The largest absolute Gasteiger partial charge is 0.493 e. The predicted octanol–water partition coefficient (Wildman–Crippen LogP) is 4.60. The molecule has 0 radical (unpaired) electrons. The van der Waals surface area contributed by atoms with Crippen LogP contribution in [0.4, 0.5) is 0 Å². The molecule has 8 heteroatoms. The van der Waals surface area contributed by atoms with Crippen molar-refractivity contribution in [1.82, 2.24) is 10.6 Å². The van der Waals surface area contributed by atoms with Crippen molar-refractivity contribution in [2.75, 3.05) is 21.3 Å². The molecule has 0 aromatic heterocycles. The summed E-state index contributed by atoms with van der Waals surface area (Å²) in [6, 6.07) is 11.6. The number of ether oxygens (including phenoxy) is 2. The fourth-order valence-electron chi connectivity index (χ4n) is 2.30. The molecule has 26 heavy (non-hydrogen) atoms. The number of guanidine groups is 1. The van der Waals surface area contributed by atoms with E-state index < -0.39 is 0 Å². The molecule has 0 saturated heterocycles. The van der Waals surface area contributed by atoms with Crippen LogP contribution in [0.3, 0.4) is 0 Å². The third-order valence-corrected chi connectivity index (χ3v) is 4.54. The molecule has 2 aromatic carbocycles. The first-order valence-electron chi connectivity index (χ1n) is 7.67. The van der Waals surface area contributed by atoms with Gasteiger partial charge in [0.05, 0.1) is 18.7 Å². The normalized spacial score (nSPS) is 10.7. The number of methoxy groups -OCH3 is 2. The van der Waals surface area contributed by atoms with E-state index in [9.17, 15) is 0 Å². The molecule has 0 amide bonds. The summed E-state index contributed by atoms with van der Waals surface area (Å²) < 4.78 is 11.5. The summed E-state index contributed by atoms with van der Waals surface area (Å²) in [5.41, 5.74) is 2.05. The Labute approximate surface area is 184 Å². The molecule has 5 nitrogen and oxygen atoms in total. The molecule has 2 rings (SSSR count). The average molecular weight is 555 g/mol. The number of halogens is 3. The summed E-state index contributed by atoms with van der Waals surface area (Å²) >= 11 is 9.67. The fourth-order valence-corrected chi connectivity index (χ4v) is 3.15. The maximum atomic E-state index is 6.17. The summed E-state index contributed by atoms with van der Waals surface area (Å²) in [4.78, 5) is 4.23. The number of nitrogens with one attached hydrogen (secondary N) is 2. The summed E-state index contributed by atoms with van der Waals surface area (Å²) in [6.45, 7) is 1.18. The van der Waals surface area contributed by atoms with Crippen LogP contribution in [0.25, 0.3) is 0 Å². The van der Waals surface area contributed by atoms with Gasteiger partial charge >= 0.3 is 0 Å². The molecule has 2 aromatic rings. The van der Waals surface area contributed by atoms with Gasteiger partial charge in [0.15, 0.2) is 17.5 Å². The van der Waals surface area contributed by atoms with Gasteiger partial charge < -0.3 is 20.1 Å². The van der Waals surface area contributed by atoms with E-state index in [-0.39, 0.29) is 24.0 Å². The maximum absolute atomic E-state index is 6.17. The van der Waals surface area contributed by atoms with Crippen LogP contribution in [0.2, 0.25) is 5.02 Å². The molecule has 0 fully saturated rings. The van der Waals surface area contributed by atoms with E-state index >= 15 is 0 Å². The van der Waals surface area contributed by atoms with Crippen molar-refractivity contribution in [2.24, 2.45) is 4.99 Å². The zero-order chi connectivity index (χ0) is 18.2. The molecule has 0 aliphatic carbocycles. The highest BCUT2D eigenvalue weighted by molar-refractivity contribution is 14.0. The highest BCUT2D eigenvalue weighted by Gasteiger charge is 2.11. The average Bonchev–Trinajstić information content (AvgIpc) is 2.62. The third-order valence-electron chi connectivity index (χ3n) is 3.58. The Morgan fingerprint density at radius 3 is 2.42 bits per heavy atom. The Hall–Kier alpha value is -1.19. The van der Waals surface area contributed by atoms with E-state index in [1.54, 1.807) is 21.3 Å². The second-order valence-corrected chi connectivity index (χ2v) is 6.45. The van der Waals surface area contributed by atoms with Crippen LogP contribution < -0.4 is 20.1 Å². The van der Waals surface area contributed by atoms with E-state index in [0.717, 1.165) is 20.6 Å². The molecular formula is C18H22BrClIN3O2. The van der Waals surface area contributed by atoms with Gasteiger partial charge in [-0.1, -0.05) is 29.8 Å². The standard InChI is InChI=1S/C18H21BrClN3O2.HI/c1-21-18(23-11-13-6-4-5-7-15(13)20)22-10-12-8-14(19)17(25-3)16(9-12)24-2;/h4-9H,10-11H2,1-3H3,(H2,21,22,23);1H. The van der Waals surface area contributed by atoms with Crippen LogP contribution in [0.1, 0.15) is 11.1 Å². The minimum atomic E-state index is 0. The lowest BCUT2D eigenvalue weighted by molar-refractivity contribution is 0.352. The Balaban J connectivity index is 0.00000338.